The monoisotopic (exact) mass is 337 g/mol. The van der Waals surface area contributed by atoms with E-state index in [1.54, 1.807) is 6.07 Å². The smallest absolute Gasteiger partial charge is 0.298 e. The van der Waals surface area contributed by atoms with Gasteiger partial charge in [0, 0.05) is 30.5 Å². The Hall–Kier alpha value is -2.89. The van der Waals surface area contributed by atoms with Gasteiger partial charge in [0.1, 0.15) is 11.3 Å². The van der Waals surface area contributed by atoms with Crippen molar-refractivity contribution in [2.75, 3.05) is 18.0 Å². The lowest BCUT2D eigenvalue weighted by molar-refractivity contribution is 0.410. The first kappa shape index (κ1) is 14.5. The average Bonchev–Trinajstić information content (AvgIpc) is 3.25. The van der Waals surface area contributed by atoms with Gasteiger partial charge in [-0.3, -0.25) is 0 Å². The summed E-state index contributed by atoms with van der Waals surface area (Å²) in [6.45, 7) is 1.68. The number of benzene rings is 2. The highest BCUT2D eigenvalue weighted by molar-refractivity contribution is 5.80. The van der Waals surface area contributed by atoms with Gasteiger partial charge in [-0.2, -0.15) is 4.98 Å². The SMILES string of the molecule is Fc1ccc2c(C3CCN(c4nc5ccccc5o4)CC3)noc2c1. The zero-order valence-corrected chi connectivity index (χ0v) is 13.5. The van der Waals surface area contributed by atoms with Crippen LogP contribution in [0, 0.1) is 5.82 Å². The summed E-state index contributed by atoms with van der Waals surface area (Å²) in [6, 6.07) is 13.1. The Balaban J connectivity index is 1.36. The first-order valence-corrected chi connectivity index (χ1v) is 8.43. The fraction of sp³-hybridized carbons (Fsp3) is 0.263. The predicted octanol–water partition coefficient (Wildman–Crippen LogP) is 4.49. The quantitative estimate of drug-likeness (QED) is 0.539. The Bertz CT molecular complexity index is 1010. The van der Waals surface area contributed by atoms with Crippen molar-refractivity contribution in [2.24, 2.45) is 0 Å². The number of piperidine rings is 1. The summed E-state index contributed by atoms with van der Waals surface area (Å²) in [5, 5.41) is 5.10. The lowest BCUT2D eigenvalue weighted by Crippen LogP contribution is -2.33. The molecule has 6 heteroatoms. The summed E-state index contributed by atoms with van der Waals surface area (Å²) in [7, 11) is 0. The predicted molar refractivity (Wildman–Crippen MR) is 92.2 cm³/mol. The Morgan fingerprint density at radius 3 is 2.72 bits per heavy atom. The minimum atomic E-state index is -0.305. The van der Waals surface area contributed by atoms with Crippen LogP contribution in [0.1, 0.15) is 24.5 Å². The molecule has 4 aromatic rings. The number of nitrogens with zero attached hydrogens (tertiary/aromatic N) is 3. The van der Waals surface area contributed by atoms with Gasteiger partial charge >= 0.3 is 0 Å². The Kier molecular flexibility index (Phi) is 3.23. The van der Waals surface area contributed by atoms with Gasteiger partial charge in [-0.15, -0.1) is 0 Å². The van der Waals surface area contributed by atoms with Gasteiger partial charge in [0.15, 0.2) is 11.2 Å². The molecule has 2 aromatic carbocycles. The van der Waals surface area contributed by atoms with Gasteiger partial charge in [0.05, 0.1) is 5.69 Å². The molecule has 0 radical (unpaired) electrons. The Morgan fingerprint density at radius 1 is 1.04 bits per heavy atom. The molecular formula is C19H16FN3O2. The van der Waals surface area contributed by atoms with Crippen LogP contribution in [0.3, 0.4) is 0 Å². The third kappa shape index (κ3) is 2.45. The molecular weight excluding hydrogens is 321 g/mol. The maximum absolute atomic E-state index is 13.3. The van der Waals surface area contributed by atoms with E-state index in [9.17, 15) is 4.39 Å². The fourth-order valence-electron chi connectivity index (χ4n) is 3.56. The molecule has 0 N–H and O–H groups in total. The van der Waals surface area contributed by atoms with Crippen LogP contribution in [0.4, 0.5) is 10.4 Å². The van der Waals surface area contributed by atoms with E-state index in [0.717, 1.165) is 48.1 Å². The average molecular weight is 337 g/mol. The molecule has 0 unspecified atom stereocenters. The van der Waals surface area contributed by atoms with Crippen molar-refractivity contribution in [2.45, 2.75) is 18.8 Å². The van der Waals surface area contributed by atoms with Crippen LogP contribution in [0.15, 0.2) is 51.4 Å². The van der Waals surface area contributed by atoms with Crippen LogP contribution in [0.2, 0.25) is 0 Å². The molecule has 0 amide bonds. The lowest BCUT2D eigenvalue weighted by atomic mass is 9.92. The van der Waals surface area contributed by atoms with E-state index in [-0.39, 0.29) is 5.82 Å². The summed E-state index contributed by atoms with van der Waals surface area (Å²) in [4.78, 5) is 6.73. The van der Waals surface area contributed by atoms with Crippen molar-refractivity contribution < 1.29 is 13.3 Å². The number of para-hydroxylation sites is 2. The molecule has 1 saturated heterocycles. The molecule has 0 saturated carbocycles. The van der Waals surface area contributed by atoms with Gasteiger partial charge in [-0.1, -0.05) is 17.3 Å². The highest BCUT2D eigenvalue weighted by Gasteiger charge is 2.27. The molecule has 3 heterocycles. The van der Waals surface area contributed by atoms with Gasteiger partial charge in [-0.05, 0) is 37.1 Å². The number of halogens is 1. The van der Waals surface area contributed by atoms with Crippen molar-refractivity contribution in [1.29, 1.82) is 0 Å². The first-order chi connectivity index (χ1) is 12.3. The normalized spacial score (nSPS) is 16.1. The van der Waals surface area contributed by atoms with E-state index < -0.39 is 0 Å². The topological polar surface area (TPSA) is 55.3 Å². The van der Waals surface area contributed by atoms with E-state index >= 15 is 0 Å². The Labute approximate surface area is 143 Å². The molecule has 0 spiro atoms. The summed E-state index contributed by atoms with van der Waals surface area (Å²) in [5.41, 5.74) is 3.12. The zero-order chi connectivity index (χ0) is 16.8. The third-order valence-electron chi connectivity index (χ3n) is 4.90. The molecule has 1 aliphatic rings. The van der Waals surface area contributed by atoms with E-state index in [0.29, 0.717) is 17.5 Å². The second-order valence-corrected chi connectivity index (χ2v) is 6.43. The molecule has 0 bridgehead atoms. The highest BCUT2D eigenvalue weighted by Crippen LogP contribution is 2.34. The van der Waals surface area contributed by atoms with Crippen molar-refractivity contribution in [3.8, 4) is 0 Å². The molecule has 5 rings (SSSR count). The van der Waals surface area contributed by atoms with Gasteiger partial charge in [-0.25, -0.2) is 4.39 Å². The van der Waals surface area contributed by atoms with Gasteiger partial charge < -0.3 is 13.8 Å². The molecule has 1 fully saturated rings. The number of hydrogen-bond donors (Lipinski definition) is 0. The molecule has 0 atom stereocenters. The van der Waals surface area contributed by atoms with Crippen molar-refractivity contribution in [1.82, 2.24) is 10.1 Å². The van der Waals surface area contributed by atoms with Crippen LogP contribution in [-0.2, 0) is 0 Å². The summed E-state index contributed by atoms with van der Waals surface area (Å²) >= 11 is 0. The van der Waals surface area contributed by atoms with Crippen molar-refractivity contribution in [3.05, 3.63) is 54.0 Å². The van der Waals surface area contributed by atoms with Crippen LogP contribution >= 0.6 is 0 Å². The molecule has 126 valence electrons. The standard InChI is InChI=1S/C19H16FN3O2/c20-13-5-6-14-17(11-13)25-22-18(14)12-7-9-23(10-8-12)19-21-15-3-1-2-4-16(15)24-19/h1-6,11-12H,7-10H2. The van der Waals surface area contributed by atoms with Crippen LogP contribution < -0.4 is 4.90 Å². The Morgan fingerprint density at radius 2 is 1.88 bits per heavy atom. The fourth-order valence-corrected chi connectivity index (χ4v) is 3.56. The van der Waals surface area contributed by atoms with Crippen LogP contribution in [0.5, 0.6) is 0 Å². The second-order valence-electron chi connectivity index (χ2n) is 6.43. The van der Waals surface area contributed by atoms with Crippen LogP contribution in [0.25, 0.3) is 22.1 Å². The number of hydrogen-bond acceptors (Lipinski definition) is 5. The largest absolute Gasteiger partial charge is 0.423 e. The maximum atomic E-state index is 13.3. The molecule has 25 heavy (non-hydrogen) atoms. The highest BCUT2D eigenvalue weighted by atomic mass is 19.1. The molecule has 0 aliphatic carbocycles. The van der Waals surface area contributed by atoms with E-state index in [4.69, 9.17) is 8.94 Å². The minimum absolute atomic E-state index is 0.298. The minimum Gasteiger partial charge on any atom is -0.423 e. The summed E-state index contributed by atoms with van der Waals surface area (Å²) in [6.07, 6.45) is 1.86. The molecule has 1 aliphatic heterocycles. The molecule has 5 nitrogen and oxygen atoms in total. The maximum Gasteiger partial charge on any atom is 0.298 e. The third-order valence-corrected chi connectivity index (χ3v) is 4.90. The summed E-state index contributed by atoms with van der Waals surface area (Å²) < 4.78 is 24.5. The van der Waals surface area contributed by atoms with Gasteiger partial charge in [0.25, 0.3) is 6.01 Å². The van der Waals surface area contributed by atoms with Crippen molar-refractivity contribution >= 4 is 28.1 Å². The first-order valence-electron chi connectivity index (χ1n) is 8.43. The van der Waals surface area contributed by atoms with Crippen LogP contribution in [-0.4, -0.2) is 23.2 Å². The number of rotatable bonds is 2. The van der Waals surface area contributed by atoms with E-state index in [1.165, 1.54) is 12.1 Å². The second kappa shape index (κ2) is 5.58. The number of anilines is 1. The number of oxazole rings is 1. The van der Waals surface area contributed by atoms with E-state index in [1.807, 2.05) is 24.3 Å². The number of aromatic nitrogens is 2. The molecule has 2 aromatic heterocycles. The van der Waals surface area contributed by atoms with E-state index in [2.05, 4.69) is 15.0 Å². The van der Waals surface area contributed by atoms with Gasteiger partial charge in [0.2, 0.25) is 0 Å². The number of fused-ring (bicyclic) bond motifs is 2. The lowest BCUT2D eigenvalue weighted by Gasteiger charge is -2.29. The van der Waals surface area contributed by atoms with Crippen molar-refractivity contribution in [3.63, 3.8) is 0 Å². The summed E-state index contributed by atoms with van der Waals surface area (Å²) in [5.74, 6) is -0.00619. The zero-order valence-electron chi connectivity index (χ0n) is 13.5.